The summed E-state index contributed by atoms with van der Waals surface area (Å²) in [4.78, 5) is 0. The molecule has 0 aromatic heterocycles. The van der Waals surface area contributed by atoms with Gasteiger partial charge >= 0.3 is 7.12 Å². The molecule has 0 saturated carbocycles. The lowest BCUT2D eigenvalue weighted by Gasteiger charge is -2.32. The Morgan fingerprint density at radius 2 is 1.65 bits per heavy atom. The third-order valence-corrected chi connectivity index (χ3v) is 6.53. The van der Waals surface area contributed by atoms with Crippen LogP contribution >= 0.6 is 0 Å². The summed E-state index contributed by atoms with van der Waals surface area (Å²) in [7, 11) is -0.289. The summed E-state index contributed by atoms with van der Waals surface area (Å²) >= 11 is 0. The highest BCUT2D eigenvalue weighted by Crippen LogP contribution is 2.39. The highest BCUT2D eigenvalue weighted by molar-refractivity contribution is 6.62. The van der Waals surface area contributed by atoms with E-state index in [0.717, 1.165) is 44.4 Å². The molecular formula is C21H31BO4. The van der Waals surface area contributed by atoms with Crippen LogP contribution in [0, 0.1) is 5.92 Å². The Morgan fingerprint density at radius 3 is 2.27 bits per heavy atom. The van der Waals surface area contributed by atoms with Crippen molar-refractivity contribution >= 4 is 12.6 Å². The van der Waals surface area contributed by atoms with E-state index in [1.54, 1.807) is 0 Å². The molecule has 3 heterocycles. The molecular weight excluding hydrogens is 327 g/mol. The lowest BCUT2D eigenvalue weighted by molar-refractivity contribution is -0.229. The average molecular weight is 358 g/mol. The smallest absolute Gasteiger partial charge is 0.399 e. The van der Waals surface area contributed by atoms with Crippen molar-refractivity contribution in [3.8, 4) is 0 Å². The van der Waals surface area contributed by atoms with Crippen molar-refractivity contribution in [2.24, 2.45) is 5.92 Å². The summed E-state index contributed by atoms with van der Waals surface area (Å²) in [5.41, 5.74) is 1.83. The Kier molecular flexibility index (Phi) is 4.71. The van der Waals surface area contributed by atoms with Crippen LogP contribution in [0.4, 0.5) is 0 Å². The van der Waals surface area contributed by atoms with Crippen molar-refractivity contribution in [3.63, 3.8) is 0 Å². The van der Waals surface area contributed by atoms with E-state index in [4.69, 9.17) is 18.8 Å². The summed E-state index contributed by atoms with van der Waals surface area (Å²) in [5.74, 6) is 0.252. The lowest BCUT2D eigenvalue weighted by atomic mass is 9.78. The molecule has 0 N–H and O–H groups in total. The standard InChI is InChI=1S/C21H31BO4/c1-19(2)20(3,4)26-22(25-19)18-9-7-16(8-10-18)13-17-14-21(24-15-17)11-5-6-12-23-21/h7-10,17H,5-6,11-15H2,1-4H3/t17-,21-/m1/s1. The van der Waals surface area contributed by atoms with E-state index in [1.165, 1.54) is 12.0 Å². The van der Waals surface area contributed by atoms with Crippen molar-refractivity contribution in [2.45, 2.75) is 76.8 Å². The first-order valence-electron chi connectivity index (χ1n) is 10.0. The fourth-order valence-corrected chi connectivity index (χ4v) is 4.18. The van der Waals surface area contributed by atoms with Crippen LogP contribution in [0.2, 0.25) is 0 Å². The zero-order valence-corrected chi connectivity index (χ0v) is 16.5. The predicted molar refractivity (Wildman–Crippen MR) is 102 cm³/mol. The summed E-state index contributed by atoms with van der Waals surface area (Å²) in [5, 5.41) is 0. The van der Waals surface area contributed by atoms with Crippen molar-refractivity contribution in [2.75, 3.05) is 13.2 Å². The molecule has 1 aromatic carbocycles. The fourth-order valence-electron chi connectivity index (χ4n) is 4.18. The molecule has 142 valence electrons. The number of benzene rings is 1. The molecule has 26 heavy (non-hydrogen) atoms. The van der Waals surface area contributed by atoms with Crippen LogP contribution in [0.15, 0.2) is 24.3 Å². The zero-order valence-electron chi connectivity index (χ0n) is 16.5. The molecule has 3 saturated heterocycles. The largest absolute Gasteiger partial charge is 0.494 e. The molecule has 0 aliphatic carbocycles. The first-order chi connectivity index (χ1) is 12.3. The van der Waals surface area contributed by atoms with Gasteiger partial charge in [0.25, 0.3) is 0 Å². The van der Waals surface area contributed by atoms with Crippen LogP contribution in [-0.2, 0) is 25.2 Å². The average Bonchev–Trinajstić information content (AvgIpc) is 3.06. The maximum absolute atomic E-state index is 6.14. The summed E-state index contributed by atoms with van der Waals surface area (Å²) in [6, 6.07) is 8.68. The summed E-state index contributed by atoms with van der Waals surface area (Å²) in [6.07, 6.45) is 5.48. The number of hydrogen-bond acceptors (Lipinski definition) is 4. The quantitative estimate of drug-likeness (QED) is 0.776. The van der Waals surface area contributed by atoms with Gasteiger partial charge in [-0.05, 0) is 63.9 Å². The normalized spacial score (nSPS) is 33.1. The van der Waals surface area contributed by atoms with Crippen molar-refractivity contribution < 1.29 is 18.8 Å². The molecule has 2 atom stereocenters. The van der Waals surface area contributed by atoms with Crippen LogP contribution in [0.3, 0.4) is 0 Å². The highest BCUT2D eigenvalue weighted by Gasteiger charge is 2.51. The van der Waals surface area contributed by atoms with Gasteiger partial charge in [0.15, 0.2) is 5.79 Å². The first-order valence-corrected chi connectivity index (χ1v) is 10.0. The maximum Gasteiger partial charge on any atom is 0.494 e. The molecule has 4 rings (SSSR count). The molecule has 0 unspecified atom stereocenters. The van der Waals surface area contributed by atoms with E-state index < -0.39 is 0 Å². The van der Waals surface area contributed by atoms with Gasteiger partial charge in [0.1, 0.15) is 0 Å². The van der Waals surface area contributed by atoms with Gasteiger partial charge in [-0.2, -0.15) is 0 Å². The van der Waals surface area contributed by atoms with E-state index in [9.17, 15) is 0 Å². The molecule has 5 heteroatoms. The molecule has 0 amide bonds. The van der Waals surface area contributed by atoms with Gasteiger partial charge in [0.2, 0.25) is 0 Å². The van der Waals surface area contributed by atoms with Gasteiger partial charge in [-0.25, -0.2) is 0 Å². The Balaban J connectivity index is 1.37. The van der Waals surface area contributed by atoms with E-state index in [2.05, 4.69) is 52.0 Å². The van der Waals surface area contributed by atoms with Crippen LogP contribution in [0.5, 0.6) is 0 Å². The van der Waals surface area contributed by atoms with Crippen molar-refractivity contribution in [1.82, 2.24) is 0 Å². The van der Waals surface area contributed by atoms with Gasteiger partial charge in [-0.3, -0.25) is 0 Å². The second-order valence-electron chi connectivity index (χ2n) is 9.13. The third kappa shape index (κ3) is 3.47. The van der Waals surface area contributed by atoms with Crippen molar-refractivity contribution in [1.29, 1.82) is 0 Å². The molecule has 4 nitrogen and oxygen atoms in total. The molecule has 1 aromatic rings. The molecule has 3 aliphatic heterocycles. The van der Waals surface area contributed by atoms with Crippen LogP contribution in [0.25, 0.3) is 0 Å². The topological polar surface area (TPSA) is 36.9 Å². The van der Waals surface area contributed by atoms with Crippen LogP contribution < -0.4 is 5.46 Å². The zero-order chi connectivity index (χ0) is 18.4. The van der Waals surface area contributed by atoms with Gasteiger partial charge < -0.3 is 18.8 Å². The Labute approximate surface area is 157 Å². The van der Waals surface area contributed by atoms with Crippen LogP contribution in [-0.4, -0.2) is 37.3 Å². The maximum atomic E-state index is 6.14. The van der Waals surface area contributed by atoms with E-state index in [-0.39, 0.29) is 24.1 Å². The van der Waals surface area contributed by atoms with E-state index in [0.29, 0.717) is 5.92 Å². The van der Waals surface area contributed by atoms with Gasteiger partial charge in [0, 0.05) is 12.8 Å². The monoisotopic (exact) mass is 358 g/mol. The van der Waals surface area contributed by atoms with E-state index in [1.807, 2.05) is 0 Å². The summed E-state index contributed by atoms with van der Waals surface area (Å²) < 4.78 is 24.3. The molecule has 0 radical (unpaired) electrons. The minimum absolute atomic E-state index is 0.286. The molecule has 3 aliphatic rings. The number of rotatable bonds is 3. The molecule has 1 spiro atoms. The number of ether oxygens (including phenoxy) is 2. The minimum atomic E-state index is -0.300. The number of hydrogen-bond donors (Lipinski definition) is 0. The second kappa shape index (κ2) is 6.63. The predicted octanol–water partition coefficient (Wildman–Crippen LogP) is 3.46. The molecule has 0 bridgehead atoms. The molecule has 3 fully saturated rings. The van der Waals surface area contributed by atoms with Gasteiger partial charge in [-0.1, -0.05) is 24.3 Å². The van der Waals surface area contributed by atoms with Gasteiger partial charge in [0.05, 0.1) is 24.4 Å². The van der Waals surface area contributed by atoms with E-state index >= 15 is 0 Å². The fraction of sp³-hybridized carbons (Fsp3) is 0.714. The summed E-state index contributed by atoms with van der Waals surface area (Å²) in [6.45, 7) is 10.00. The third-order valence-electron chi connectivity index (χ3n) is 6.53. The van der Waals surface area contributed by atoms with Crippen LogP contribution in [0.1, 0.15) is 58.9 Å². The lowest BCUT2D eigenvalue weighted by Crippen LogP contribution is -2.41. The Bertz CT molecular complexity index is 618. The highest BCUT2D eigenvalue weighted by atomic mass is 16.7. The van der Waals surface area contributed by atoms with Gasteiger partial charge in [-0.15, -0.1) is 0 Å². The van der Waals surface area contributed by atoms with Crippen molar-refractivity contribution in [3.05, 3.63) is 29.8 Å². The Morgan fingerprint density at radius 1 is 0.962 bits per heavy atom. The first kappa shape index (κ1) is 18.5. The SMILES string of the molecule is CC1(C)OB(c2ccc(C[C@H]3CO[C@]4(CCCCO4)C3)cc2)OC1(C)C. The minimum Gasteiger partial charge on any atom is -0.399 e. The second-order valence-corrected chi connectivity index (χ2v) is 9.13. The Hall–Kier alpha value is -0.875.